The van der Waals surface area contributed by atoms with E-state index >= 15 is 0 Å². The number of alkyl halides is 2. The molecule has 0 saturated heterocycles. The van der Waals surface area contributed by atoms with Crippen molar-refractivity contribution in [2.45, 2.75) is 77.2 Å². The maximum Gasteiger partial charge on any atom is 0.278 e. The van der Waals surface area contributed by atoms with Crippen molar-refractivity contribution in [2.75, 3.05) is 26.2 Å². The van der Waals surface area contributed by atoms with Crippen LogP contribution in [0.4, 0.5) is 8.78 Å². The number of hydrogen-bond donors (Lipinski definition) is 1. The Morgan fingerprint density at radius 1 is 1.23 bits per heavy atom. The summed E-state index contributed by atoms with van der Waals surface area (Å²) < 4.78 is 31.4. The second-order valence-electron chi connectivity index (χ2n) is 10.1. The minimum atomic E-state index is -2.86. The lowest BCUT2D eigenvalue weighted by atomic mass is 9.84. The third-order valence-corrected chi connectivity index (χ3v) is 7.86. The van der Waals surface area contributed by atoms with E-state index in [1.165, 1.54) is 12.0 Å². The summed E-state index contributed by atoms with van der Waals surface area (Å²) >= 11 is 1.59. The highest BCUT2D eigenvalue weighted by Crippen LogP contribution is 2.28. The monoisotopic (exact) mass is 506 g/mol. The number of aromatic nitrogens is 2. The second-order valence-corrected chi connectivity index (χ2v) is 11.4. The molecule has 2 aromatic heterocycles. The van der Waals surface area contributed by atoms with Crippen molar-refractivity contribution in [3.05, 3.63) is 39.5 Å². The zero-order valence-corrected chi connectivity index (χ0v) is 21.5. The highest BCUT2D eigenvalue weighted by Gasteiger charge is 2.25. The van der Waals surface area contributed by atoms with Crippen LogP contribution in [0.15, 0.2) is 18.3 Å². The van der Waals surface area contributed by atoms with Crippen molar-refractivity contribution in [1.82, 2.24) is 20.2 Å². The van der Waals surface area contributed by atoms with Gasteiger partial charge < -0.3 is 15.0 Å². The van der Waals surface area contributed by atoms with Crippen LogP contribution in [0.5, 0.6) is 5.88 Å². The molecule has 2 aliphatic rings. The molecule has 4 rings (SSSR count). The van der Waals surface area contributed by atoms with Crippen molar-refractivity contribution in [2.24, 2.45) is 5.92 Å². The number of halogens is 2. The number of nitrogens with zero attached hydrogens (tertiary/aromatic N) is 3. The Kier molecular flexibility index (Phi) is 8.70. The van der Waals surface area contributed by atoms with Crippen LogP contribution in [-0.2, 0) is 24.1 Å². The highest BCUT2D eigenvalue weighted by molar-refractivity contribution is 7.11. The number of carbonyl (C=O) groups is 1. The van der Waals surface area contributed by atoms with E-state index in [0.29, 0.717) is 12.3 Å². The SMILES string of the molecule is Cc1ncc(CC(=O)N[C@H]2CC[C@H](CCN3CCc4ccc(OCC(C)(F)F)nc4CC3)CC2)s1. The smallest absolute Gasteiger partial charge is 0.278 e. The van der Waals surface area contributed by atoms with Gasteiger partial charge in [-0.25, -0.2) is 18.7 Å². The lowest BCUT2D eigenvalue weighted by molar-refractivity contribution is -0.121. The van der Waals surface area contributed by atoms with E-state index in [1.54, 1.807) is 23.6 Å². The first-order chi connectivity index (χ1) is 16.7. The van der Waals surface area contributed by atoms with Crippen LogP contribution in [0.2, 0.25) is 0 Å². The van der Waals surface area contributed by atoms with Gasteiger partial charge in [0.1, 0.15) is 0 Å². The Labute approximate surface area is 210 Å². The minimum Gasteiger partial charge on any atom is -0.471 e. The summed E-state index contributed by atoms with van der Waals surface area (Å²) in [7, 11) is 0. The molecule has 1 fully saturated rings. The van der Waals surface area contributed by atoms with Crippen molar-refractivity contribution in [3.8, 4) is 5.88 Å². The van der Waals surface area contributed by atoms with Gasteiger partial charge in [-0.05, 0) is 63.5 Å². The van der Waals surface area contributed by atoms with Crippen LogP contribution in [0.1, 0.15) is 60.2 Å². The molecule has 1 aliphatic heterocycles. The second kappa shape index (κ2) is 11.7. The number of amides is 1. The summed E-state index contributed by atoms with van der Waals surface area (Å²) in [5.41, 5.74) is 2.15. The number of hydrogen-bond acceptors (Lipinski definition) is 6. The highest BCUT2D eigenvalue weighted by atomic mass is 32.1. The molecule has 6 nitrogen and oxygen atoms in total. The Bertz CT molecular complexity index is 986. The number of carbonyl (C=O) groups excluding carboxylic acids is 1. The van der Waals surface area contributed by atoms with E-state index in [4.69, 9.17) is 4.74 Å². The van der Waals surface area contributed by atoms with E-state index in [9.17, 15) is 13.6 Å². The van der Waals surface area contributed by atoms with Gasteiger partial charge in [0.25, 0.3) is 5.92 Å². The number of ether oxygens (including phenoxy) is 1. The Hall–Kier alpha value is -2.13. The Morgan fingerprint density at radius 2 is 2.00 bits per heavy atom. The average Bonchev–Trinajstić information content (AvgIpc) is 3.10. The molecule has 35 heavy (non-hydrogen) atoms. The number of thiazole rings is 1. The quantitative estimate of drug-likeness (QED) is 0.539. The minimum absolute atomic E-state index is 0.104. The Balaban J connectivity index is 1.16. The molecule has 0 atom stereocenters. The lowest BCUT2D eigenvalue weighted by Crippen LogP contribution is -2.38. The van der Waals surface area contributed by atoms with Crippen molar-refractivity contribution < 1.29 is 18.3 Å². The van der Waals surface area contributed by atoms with E-state index in [1.807, 2.05) is 13.0 Å². The predicted octanol–water partition coefficient (Wildman–Crippen LogP) is 4.59. The fraction of sp³-hybridized carbons (Fsp3) is 0.654. The number of pyridine rings is 1. The summed E-state index contributed by atoms with van der Waals surface area (Å²) in [6.07, 6.45) is 9.54. The van der Waals surface area contributed by atoms with Crippen molar-refractivity contribution in [3.63, 3.8) is 0 Å². The van der Waals surface area contributed by atoms with Gasteiger partial charge in [-0.15, -0.1) is 11.3 Å². The van der Waals surface area contributed by atoms with Gasteiger partial charge in [0.05, 0.1) is 11.4 Å². The summed E-state index contributed by atoms with van der Waals surface area (Å²) in [5.74, 6) is -1.78. The van der Waals surface area contributed by atoms with Crippen molar-refractivity contribution >= 4 is 17.2 Å². The molecule has 0 bridgehead atoms. The average molecular weight is 507 g/mol. The molecule has 0 radical (unpaired) electrons. The van der Waals surface area contributed by atoms with Crippen LogP contribution in [0, 0.1) is 12.8 Å². The third-order valence-electron chi connectivity index (χ3n) is 6.95. The van der Waals surface area contributed by atoms with Crippen LogP contribution in [0.3, 0.4) is 0 Å². The first-order valence-electron chi connectivity index (χ1n) is 12.7. The van der Waals surface area contributed by atoms with Gasteiger partial charge in [0, 0.05) is 55.3 Å². The molecule has 3 heterocycles. The largest absolute Gasteiger partial charge is 0.471 e. The topological polar surface area (TPSA) is 67.4 Å². The number of fused-ring (bicyclic) bond motifs is 1. The van der Waals surface area contributed by atoms with E-state index in [2.05, 4.69) is 20.2 Å². The first kappa shape index (κ1) is 25.9. The fourth-order valence-electron chi connectivity index (χ4n) is 5.00. The van der Waals surface area contributed by atoms with Gasteiger partial charge in [0.15, 0.2) is 6.61 Å². The normalized spacial score (nSPS) is 21.3. The molecule has 1 saturated carbocycles. The molecular weight excluding hydrogens is 470 g/mol. The molecule has 0 aromatic carbocycles. The standard InChI is InChI=1S/C26H36F2N4O2S/c1-18-29-16-22(35-18)15-24(33)30-21-6-3-19(4-7-21)9-12-32-13-10-20-5-8-25(31-23(20)11-14-32)34-17-26(2,27)28/h5,8,16,19,21H,3-4,6-7,9-15,17H2,1-2H3,(H,30,33)/t19-,21-. The van der Waals surface area contributed by atoms with Crippen molar-refractivity contribution in [1.29, 1.82) is 0 Å². The van der Waals surface area contributed by atoms with Gasteiger partial charge in [0.2, 0.25) is 11.8 Å². The molecule has 0 spiro atoms. The fourth-order valence-corrected chi connectivity index (χ4v) is 5.79. The summed E-state index contributed by atoms with van der Waals surface area (Å²) in [4.78, 5) is 24.6. The van der Waals surface area contributed by atoms with Gasteiger partial charge >= 0.3 is 0 Å². The van der Waals surface area contributed by atoms with Gasteiger partial charge in [-0.1, -0.05) is 6.07 Å². The molecule has 1 aliphatic carbocycles. The van der Waals surface area contributed by atoms with E-state index < -0.39 is 12.5 Å². The summed E-state index contributed by atoms with van der Waals surface area (Å²) in [6, 6.07) is 3.96. The van der Waals surface area contributed by atoms with Gasteiger partial charge in [-0.3, -0.25) is 4.79 Å². The summed E-state index contributed by atoms with van der Waals surface area (Å²) in [6.45, 7) is 5.14. The third kappa shape index (κ3) is 8.20. The number of nitrogens with one attached hydrogen (secondary N) is 1. The maximum atomic E-state index is 13.1. The number of rotatable bonds is 9. The molecule has 0 unspecified atom stereocenters. The number of aryl methyl sites for hydroxylation is 1. The predicted molar refractivity (Wildman–Crippen MR) is 133 cm³/mol. The zero-order chi connectivity index (χ0) is 24.8. The molecular formula is C26H36F2N4O2S. The lowest BCUT2D eigenvalue weighted by Gasteiger charge is -2.30. The molecule has 1 amide bonds. The first-order valence-corrected chi connectivity index (χ1v) is 13.5. The van der Waals surface area contributed by atoms with E-state index in [0.717, 1.165) is 80.7 Å². The maximum absolute atomic E-state index is 13.1. The van der Waals surface area contributed by atoms with Crippen LogP contribution < -0.4 is 10.1 Å². The zero-order valence-electron chi connectivity index (χ0n) is 20.7. The van der Waals surface area contributed by atoms with Gasteiger partial charge in [-0.2, -0.15) is 0 Å². The molecule has 2 aromatic rings. The van der Waals surface area contributed by atoms with Crippen LogP contribution >= 0.6 is 11.3 Å². The summed E-state index contributed by atoms with van der Waals surface area (Å²) in [5, 5.41) is 4.21. The molecule has 192 valence electrons. The van der Waals surface area contributed by atoms with E-state index in [-0.39, 0.29) is 17.8 Å². The van der Waals surface area contributed by atoms with Crippen LogP contribution in [0.25, 0.3) is 0 Å². The Morgan fingerprint density at radius 3 is 2.71 bits per heavy atom. The van der Waals surface area contributed by atoms with Crippen LogP contribution in [-0.4, -0.2) is 59.0 Å². The molecule has 1 N–H and O–H groups in total. The molecule has 9 heteroatoms.